The molecule has 0 bridgehead atoms. The van der Waals surface area contributed by atoms with E-state index in [9.17, 15) is 17.6 Å². The number of pyridine rings is 1. The smallest absolute Gasteiger partial charge is 0.448 e. The normalized spacial score (nSPS) is 13.9. The highest BCUT2D eigenvalue weighted by atomic mass is 79.9. The number of hydrogen-bond donors (Lipinski definition) is 0. The zero-order valence-corrected chi connectivity index (χ0v) is 9.54. The monoisotopic (exact) mass is 313 g/mol. The van der Waals surface area contributed by atoms with E-state index in [0.717, 1.165) is 0 Å². The summed E-state index contributed by atoms with van der Waals surface area (Å²) in [5.41, 5.74) is -0.00808. The summed E-state index contributed by atoms with van der Waals surface area (Å²) in [6.07, 6.45) is -7.03. The summed E-state index contributed by atoms with van der Waals surface area (Å²) in [6, 6.07) is 2.54. The van der Waals surface area contributed by atoms with Gasteiger partial charge >= 0.3 is 12.5 Å². The Bertz CT molecular complexity index is 541. The first-order valence-electron chi connectivity index (χ1n) is 4.26. The van der Waals surface area contributed by atoms with Crippen LogP contribution in [0.15, 0.2) is 23.1 Å². The first kappa shape index (κ1) is 12.1. The summed E-state index contributed by atoms with van der Waals surface area (Å²) in [4.78, 5) is 3.76. The topological polar surface area (TPSA) is 39.4 Å². The van der Waals surface area contributed by atoms with Gasteiger partial charge in [0, 0.05) is 6.20 Å². The Balaban J connectivity index is 2.36. The summed E-state index contributed by atoms with van der Waals surface area (Å²) < 4.78 is 54.2. The Morgan fingerprint density at radius 3 is 2.76 bits per heavy atom. The second kappa shape index (κ2) is 4.13. The van der Waals surface area contributed by atoms with Crippen molar-refractivity contribution in [3.8, 4) is 5.75 Å². The van der Waals surface area contributed by atoms with Gasteiger partial charge in [0.05, 0.1) is 0 Å². The molecule has 1 atom stereocenters. The van der Waals surface area contributed by atoms with Crippen LogP contribution in [0.2, 0.25) is 0 Å². The fraction of sp³-hybridized carbons (Fsp3) is 0.250. The van der Waals surface area contributed by atoms with Crippen molar-refractivity contribution >= 4 is 21.6 Å². The molecule has 4 nitrogen and oxygen atoms in total. The third-order valence-corrected chi connectivity index (χ3v) is 2.12. The molecule has 0 saturated heterocycles. The third kappa shape index (κ3) is 2.48. The first-order valence-corrected chi connectivity index (χ1v) is 5.05. The minimum atomic E-state index is -5.08. The standard InChI is InChI=1S/C8H4BrF4N3O/c9-7-14-5-4(2-1-3-16(5)15-7)17-6(10)8(11,12)13/h1-3,6H. The summed E-state index contributed by atoms with van der Waals surface area (Å²) in [7, 11) is 0. The van der Waals surface area contributed by atoms with Gasteiger partial charge in [-0.15, -0.1) is 5.10 Å². The highest BCUT2D eigenvalue weighted by molar-refractivity contribution is 9.10. The molecule has 0 aliphatic heterocycles. The number of fused-ring (bicyclic) bond motifs is 1. The second-order valence-corrected chi connectivity index (χ2v) is 3.71. The lowest BCUT2D eigenvalue weighted by atomic mass is 10.4. The minimum absolute atomic E-state index is 0.00808. The molecule has 0 saturated carbocycles. The molecule has 17 heavy (non-hydrogen) atoms. The van der Waals surface area contributed by atoms with Gasteiger partial charge in [0.15, 0.2) is 11.4 Å². The molecule has 2 aromatic rings. The van der Waals surface area contributed by atoms with Crippen LogP contribution in [-0.2, 0) is 0 Å². The highest BCUT2D eigenvalue weighted by Gasteiger charge is 2.42. The van der Waals surface area contributed by atoms with Gasteiger partial charge < -0.3 is 4.74 Å². The summed E-state index contributed by atoms with van der Waals surface area (Å²) in [6.45, 7) is 0. The Hall–Kier alpha value is -1.38. The van der Waals surface area contributed by atoms with E-state index in [1.807, 2.05) is 0 Å². The average Bonchev–Trinajstić information content (AvgIpc) is 2.58. The van der Waals surface area contributed by atoms with E-state index in [4.69, 9.17) is 0 Å². The van der Waals surface area contributed by atoms with Crippen LogP contribution in [0.3, 0.4) is 0 Å². The lowest BCUT2D eigenvalue weighted by Crippen LogP contribution is -2.30. The fourth-order valence-electron chi connectivity index (χ4n) is 1.13. The predicted molar refractivity (Wildman–Crippen MR) is 52.3 cm³/mol. The van der Waals surface area contributed by atoms with Gasteiger partial charge in [-0.2, -0.15) is 22.5 Å². The van der Waals surface area contributed by atoms with Crippen LogP contribution in [0.1, 0.15) is 0 Å². The van der Waals surface area contributed by atoms with Gasteiger partial charge in [-0.3, -0.25) is 0 Å². The maximum absolute atomic E-state index is 12.7. The molecule has 0 spiro atoms. The zero-order valence-electron chi connectivity index (χ0n) is 7.95. The van der Waals surface area contributed by atoms with Crippen LogP contribution in [0, 0.1) is 0 Å². The van der Waals surface area contributed by atoms with Gasteiger partial charge in [-0.1, -0.05) is 0 Å². The van der Waals surface area contributed by atoms with Gasteiger partial charge in [-0.05, 0) is 28.1 Å². The molecule has 0 aromatic carbocycles. The number of aromatic nitrogens is 3. The Labute approximate surface area is 100 Å². The number of halogens is 5. The molecule has 2 aromatic heterocycles. The highest BCUT2D eigenvalue weighted by Crippen LogP contribution is 2.28. The van der Waals surface area contributed by atoms with Crippen LogP contribution in [0.4, 0.5) is 17.6 Å². The second-order valence-electron chi connectivity index (χ2n) is 3.00. The molecule has 0 radical (unpaired) electrons. The molecule has 0 aliphatic rings. The Morgan fingerprint density at radius 2 is 2.12 bits per heavy atom. The largest absolute Gasteiger partial charge is 0.457 e. The van der Waals surface area contributed by atoms with E-state index in [0.29, 0.717) is 0 Å². The molecular formula is C8H4BrF4N3O. The third-order valence-electron chi connectivity index (χ3n) is 1.79. The molecular weight excluding hydrogens is 310 g/mol. The maximum atomic E-state index is 12.7. The molecule has 2 rings (SSSR count). The van der Waals surface area contributed by atoms with Crippen LogP contribution < -0.4 is 4.74 Å². The minimum Gasteiger partial charge on any atom is -0.448 e. The van der Waals surface area contributed by atoms with Crippen LogP contribution >= 0.6 is 15.9 Å². The van der Waals surface area contributed by atoms with E-state index < -0.39 is 12.5 Å². The molecule has 0 fully saturated rings. The predicted octanol–water partition coefficient (Wildman–Crippen LogP) is 2.73. The van der Waals surface area contributed by atoms with Crippen molar-refractivity contribution in [2.24, 2.45) is 0 Å². The average molecular weight is 314 g/mol. The lowest BCUT2D eigenvalue weighted by Gasteiger charge is -2.14. The molecule has 1 unspecified atom stereocenters. The number of hydrogen-bond acceptors (Lipinski definition) is 3. The van der Waals surface area contributed by atoms with Crippen molar-refractivity contribution < 1.29 is 22.3 Å². The van der Waals surface area contributed by atoms with Crippen molar-refractivity contribution in [3.05, 3.63) is 23.1 Å². The summed E-state index contributed by atoms with van der Waals surface area (Å²) >= 11 is 2.95. The molecule has 0 N–H and O–H groups in total. The van der Waals surface area contributed by atoms with Crippen molar-refractivity contribution in [1.29, 1.82) is 0 Å². The van der Waals surface area contributed by atoms with Crippen molar-refractivity contribution in [1.82, 2.24) is 14.6 Å². The van der Waals surface area contributed by atoms with E-state index in [-0.39, 0.29) is 16.1 Å². The van der Waals surface area contributed by atoms with Gasteiger partial charge in [0.25, 0.3) is 0 Å². The van der Waals surface area contributed by atoms with Crippen LogP contribution in [-0.4, -0.2) is 27.1 Å². The maximum Gasteiger partial charge on any atom is 0.457 e. The van der Waals surface area contributed by atoms with Crippen molar-refractivity contribution in [2.75, 3.05) is 0 Å². The number of ether oxygens (including phenoxy) is 1. The fourth-order valence-corrected chi connectivity index (χ4v) is 1.46. The number of alkyl halides is 4. The Morgan fingerprint density at radius 1 is 1.41 bits per heavy atom. The summed E-state index contributed by atoms with van der Waals surface area (Å²) in [5, 5.41) is 3.78. The quantitative estimate of drug-likeness (QED) is 0.800. The number of rotatable bonds is 2. The van der Waals surface area contributed by atoms with E-state index in [1.54, 1.807) is 0 Å². The van der Waals surface area contributed by atoms with Crippen LogP contribution in [0.5, 0.6) is 5.75 Å². The van der Waals surface area contributed by atoms with E-state index in [1.165, 1.54) is 22.8 Å². The van der Waals surface area contributed by atoms with Gasteiger partial charge in [0.1, 0.15) is 0 Å². The van der Waals surface area contributed by atoms with E-state index in [2.05, 4.69) is 30.7 Å². The Kier molecular flexibility index (Phi) is 2.94. The lowest BCUT2D eigenvalue weighted by molar-refractivity contribution is -0.236. The van der Waals surface area contributed by atoms with Crippen molar-refractivity contribution in [2.45, 2.75) is 12.5 Å². The molecule has 9 heteroatoms. The van der Waals surface area contributed by atoms with Crippen molar-refractivity contribution in [3.63, 3.8) is 0 Å². The van der Waals surface area contributed by atoms with Gasteiger partial charge in [-0.25, -0.2) is 4.52 Å². The van der Waals surface area contributed by atoms with E-state index >= 15 is 0 Å². The molecule has 2 heterocycles. The zero-order chi connectivity index (χ0) is 12.6. The summed E-state index contributed by atoms with van der Waals surface area (Å²) in [5.74, 6) is -0.337. The molecule has 92 valence electrons. The van der Waals surface area contributed by atoms with Gasteiger partial charge in [0.2, 0.25) is 4.73 Å². The number of nitrogens with zero attached hydrogens (tertiary/aromatic N) is 3. The van der Waals surface area contributed by atoms with Crippen LogP contribution in [0.25, 0.3) is 5.65 Å². The molecule has 0 aliphatic carbocycles. The first-order chi connectivity index (χ1) is 7.88. The SMILES string of the molecule is FC(Oc1cccn2nc(Br)nc12)C(F)(F)F. The molecule has 0 amide bonds.